The number of imidazole rings is 1. The number of aromatic nitrogens is 2. The Kier molecular flexibility index (Phi) is 2.16. The Hall–Kier alpha value is -1.55. The van der Waals surface area contributed by atoms with Crippen molar-refractivity contribution in [1.29, 1.82) is 0 Å². The second-order valence-electron chi connectivity index (χ2n) is 3.34. The first-order chi connectivity index (χ1) is 7.02. The predicted molar refractivity (Wildman–Crippen MR) is 57.4 cm³/mol. The summed E-state index contributed by atoms with van der Waals surface area (Å²) in [4.78, 5) is 14.9. The summed E-state index contributed by atoms with van der Waals surface area (Å²) in [5.41, 5.74) is 2.26. The number of carboxylic acid groups (broad SMARTS) is 1. The molecular weight excluding hydrogens is 216 g/mol. The van der Waals surface area contributed by atoms with Crippen molar-refractivity contribution < 1.29 is 9.90 Å². The monoisotopic (exact) mass is 224 g/mol. The molecule has 0 radical (unpaired) electrons. The van der Waals surface area contributed by atoms with Gasteiger partial charge < -0.3 is 9.67 Å². The van der Waals surface area contributed by atoms with Gasteiger partial charge in [0.05, 0.1) is 11.0 Å². The van der Waals surface area contributed by atoms with E-state index in [1.165, 1.54) is 0 Å². The van der Waals surface area contributed by atoms with Gasteiger partial charge in [0.2, 0.25) is 5.82 Å². The first-order valence-electron chi connectivity index (χ1n) is 4.37. The van der Waals surface area contributed by atoms with Crippen molar-refractivity contribution in [2.24, 2.45) is 7.05 Å². The van der Waals surface area contributed by atoms with Crippen molar-refractivity contribution >= 4 is 28.6 Å². The number of rotatable bonds is 1. The normalized spacial score (nSPS) is 10.9. The number of hydrogen-bond acceptors (Lipinski definition) is 2. The Morgan fingerprint density at radius 1 is 1.53 bits per heavy atom. The largest absolute Gasteiger partial charge is 0.475 e. The van der Waals surface area contributed by atoms with Crippen LogP contribution in [0.2, 0.25) is 5.02 Å². The maximum Gasteiger partial charge on any atom is 0.372 e. The molecule has 5 heteroatoms. The number of carboxylic acids is 1. The van der Waals surface area contributed by atoms with Crippen LogP contribution < -0.4 is 0 Å². The molecule has 0 atom stereocenters. The van der Waals surface area contributed by atoms with Gasteiger partial charge in [-0.2, -0.15) is 0 Å². The van der Waals surface area contributed by atoms with Crippen LogP contribution in [0.15, 0.2) is 12.1 Å². The third kappa shape index (κ3) is 1.37. The third-order valence-corrected chi connectivity index (χ3v) is 2.82. The minimum absolute atomic E-state index is 0.0235. The smallest absolute Gasteiger partial charge is 0.372 e. The van der Waals surface area contributed by atoms with Gasteiger partial charge in [0.25, 0.3) is 0 Å². The Balaban J connectivity index is 2.89. The quantitative estimate of drug-likeness (QED) is 0.808. The zero-order valence-electron chi connectivity index (χ0n) is 8.28. The van der Waals surface area contributed by atoms with Crippen LogP contribution in [0.3, 0.4) is 0 Å². The van der Waals surface area contributed by atoms with Gasteiger partial charge in [0.15, 0.2) is 0 Å². The number of fused-ring (bicyclic) bond motifs is 1. The van der Waals surface area contributed by atoms with Crippen LogP contribution in [0.4, 0.5) is 0 Å². The lowest BCUT2D eigenvalue weighted by atomic mass is 10.2. The Bertz CT molecular complexity index is 560. The summed E-state index contributed by atoms with van der Waals surface area (Å²) >= 11 is 5.96. The van der Waals surface area contributed by atoms with Crippen LogP contribution in [0.5, 0.6) is 0 Å². The molecule has 0 aliphatic heterocycles. The fraction of sp³-hybridized carbons (Fsp3) is 0.200. The molecule has 78 valence electrons. The average molecular weight is 225 g/mol. The van der Waals surface area contributed by atoms with Gasteiger partial charge in [0.1, 0.15) is 0 Å². The highest BCUT2D eigenvalue weighted by atomic mass is 35.5. The first kappa shape index (κ1) is 9.98. The summed E-state index contributed by atoms with van der Waals surface area (Å²) in [5.74, 6) is -1.01. The molecule has 1 aromatic heterocycles. The average Bonchev–Trinajstić information content (AvgIpc) is 2.50. The molecule has 0 bridgehead atoms. The zero-order valence-corrected chi connectivity index (χ0v) is 9.04. The topological polar surface area (TPSA) is 55.1 Å². The molecule has 4 nitrogen and oxygen atoms in total. The summed E-state index contributed by atoms with van der Waals surface area (Å²) in [5, 5.41) is 9.52. The molecule has 15 heavy (non-hydrogen) atoms. The SMILES string of the molecule is Cc1c(Cl)ccc2nc(C(=O)O)n(C)c12. The van der Waals surface area contributed by atoms with Crippen LogP contribution >= 0.6 is 11.6 Å². The van der Waals surface area contributed by atoms with E-state index in [9.17, 15) is 4.79 Å². The number of aryl methyl sites for hydroxylation is 2. The summed E-state index contributed by atoms with van der Waals surface area (Å²) in [6, 6.07) is 3.44. The fourth-order valence-corrected chi connectivity index (χ4v) is 1.81. The molecular formula is C10H9ClN2O2. The lowest BCUT2D eigenvalue weighted by molar-refractivity contribution is 0.0680. The van der Waals surface area contributed by atoms with Crippen LogP contribution in [0.25, 0.3) is 11.0 Å². The summed E-state index contributed by atoms with van der Waals surface area (Å²) in [6.45, 7) is 1.85. The molecule has 0 saturated carbocycles. The summed E-state index contributed by atoms with van der Waals surface area (Å²) in [7, 11) is 1.67. The van der Waals surface area contributed by atoms with E-state index in [1.807, 2.05) is 6.92 Å². The van der Waals surface area contributed by atoms with E-state index >= 15 is 0 Å². The van der Waals surface area contributed by atoms with E-state index in [1.54, 1.807) is 23.7 Å². The van der Waals surface area contributed by atoms with E-state index in [4.69, 9.17) is 16.7 Å². The standard InChI is InChI=1S/C10H9ClN2O2/c1-5-6(11)3-4-7-8(5)13(2)9(12-7)10(14)15/h3-4H,1-2H3,(H,14,15). The third-order valence-electron chi connectivity index (χ3n) is 2.41. The predicted octanol–water partition coefficient (Wildman–Crippen LogP) is 2.23. The maximum absolute atomic E-state index is 10.9. The Labute approximate surface area is 91.1 Å². The number of aromatic carboxylic acids is 1. The molecule has 0 aliphatic rings. The molecule has 0 aliphatic carbocycles. The van der Waals surface area contributed by atoms with E-state index in [0.717, 1.165) is 11.1 Å². The highest BCUT2D eigenvalue weighted by Crippen LogP contribution is 2.25. The lowest BCUT2D eigenvalue weighted by Gasteiger charge is -2.02. The molecule has 1 heterocycles. The van der Waals surface area contributed by atoms with Crippen molar-refractivity contribution in [3.63, 3.8) is 0 Å². The van der Waals surface area contributed by atoms with Gasteiger partial charge >= 0.3 is 5.97 Å². The highest BCUT2D eigenvalue weighted by molar-refractivity contribution is 6.32. The van der Waals surface area contributed by atoms with Crippen molar-refractivity contribution in [1.82, 2.24) is 9.55 Å². The lowest BCUT2D eigenvalue weighted by Crippen LogP contribution is -2.05. The molecule has 1 N–H and O–H groups in total. The number of halogens is 1. The van der Waals surface area contributed by atoms with Gasteiger partial charge in [-0.05, 0) is 24.6 Å². The van der Waals surface area contributed by atoms with Gasteiger partial charge in [0, 0.05) is 12.1 Å². The van der Waals surface area contributed by atoms with Crippen molar-refractivity contribution in [3.8, 4) is 0 Å². The molecule has 0 saturated heterocycles. The van der Waals surface area contributed by atoms with Crippen LogP contribution in [0, 0.1) is 6.92 Å². The van der Waals surface area contributed by atoms with Gasteiger partial charge in [-0.15, -0.1) is 0 Å². The molecule has 0 amide bonds. The van der Waals surface area contributed by atoms with Crippen LogP contribution in [0.1, 0.15) is 16.2 Å². The molecule has 2 rings (SSSR count). The van der Waals surface area contributed by atoms with Gasteiger partial charge in [-0.25, -0.2) is 9.78 Å². The van der Waals surface area contributed by atoms with Gasteiger partial charge in [-0.3, -0.25) is 0 Å². The van der Waals surface area contributed by atoms with Crippen molar-refractivity contribution in [3.05, 3.63) is 28.5 Å². The summed E-state index contributed by atoms with van der Waals surface area (Å²) in [6.07, 6.45) is 0. The second kappa shape index (κ2) is 3.24. The fourth-order valence-electron chi connectivity index (χ4n) is 1.66. The Morgan fingerprint density at radius 2 is 2.20 bits per heavy atom. The van der Waals surface area contributed by atoms with Crippen LogP contribution in [-0.2, 0) is 7.05 Å². The minimum Gasteiger partial charge on any atom is -0.475 e. The van der Waals surface area contributed by atoms with Crippen LogP contribution in [-0.4, -0.2) is 20.6 Å². The number of benzene rings is 1. The second-order valence-corrected chi connectivity index (χ2v) is 3.75. The first-order valence-corrected chi connectivity index (χ1v) is 4.75. The zero-order chi connectivity index (χ0) is 11.2. The minimum atomic E-state index is -1.04. The van der Waals surface area contributed by atoms with E-state index in [0.29, 0.717) is 10.5 Å². The van der Waals surface area contributed by atoms with Crippen molar-refractivity contribution in [2.45, 2.75) is 6.92 Å². The summed E-state index contributed by atoms with van der Waals surface area (Å²) < 4.78 is 1.54. The van der Waals surface area contributed by atoms with E-state index in [-0.39, 0.29) is 5.82 Å². The molecule has 1 aromatic carbocycles. The highest BCUT2D eigenvalue weighted by Gasteiger charge is 2.16. The number of nitrogens with zero attached hydrogens (tertiary/aromatic N) is 2. The molecule has 0 unspecified atom stereocenters. The van der Waals surface area contributed by atoms with E-state index in [2.05, 4.69) is 4.98 Å². The maximum atomic E-state index is 10.9. The molecule has 2 aromatic rings. The van der Waals surface area contributed by atoms with E-state index < -0.39 is 5.97 Å². The molecule has 0 spiro atoms. The Morgan fingerprint density at radius 3 is 2.80 bits per heavy atom. The van der Waals surface area contributed by atoms with Gasteiger partial charge in [-0.1, -0.05) is 11.6 Å². The number of hydrogen-bond donors (Lipinski definition) is 1. The molecule has 0 fully saturated rings. The van der Waals surface area contributed by atoms with Crippen molar-refractivity contribution in [2.75, 3.05) is 0 Å². The number of carbonyl (C=O) groups is 1.